The number of alkyl halides is 3. The highest BCUT2D eigenvalue weighted by Crippen LogP contribution is 2.34. The maximum absolute atomic E-state index is 12.4. The smallest absolute Gasteiger partial charge is 0.416 e. The van der Waals surface area contributed by atoms with Crippen LogP contribution in [0.2, 0.25) is 0 Å². The molecule has 1 rings (SSSR count). The van der Waals surface area contributed by atoms with Crippen LogP contribution in [0.4, 0.5) is 13.2 Å². The lowest BCUT2D eigenvalue weighted by atomic mass is 9.81. The number of ether oxygens (including phenoxy) is 1. The Balaban J connectivity index is 0.00000361. The second-order valence-corrected chi connectivity index (χ2v) is 4.81. The zero-order valence-corrected chi connectivity index (χ0v) is 12.1. The zero-order valence-electron chi connectivity index (χ0n) is 11.3. The second kappa shape index (κ2) is 6.45. The minimum Gasteiger partial charge on any atom is -0.469 e. The quantitative estimate of drug-likeness (QED) is 0.871. The lowest BCUT2D eigenvalue weighted by Gasteiger charge is -2.29. The summed E-state index contributed by atoms with van der Waals surface area (Å²) in [4.78, 5) is 11.6. The largest absolute Gasteiger partial charge is 0.469 e. The molecule has 1 atom stereocenters. The van der Waals surface area contributed by atoms with Gasteiger partial charge in [0.1, 0.15) is 0 Å². The molecule has 0 aliphatic rings. The van der Waals surface area contributed by atoms with E-state index in [1.54, 1.807) is 13.8 Å². The van der Waals surface area contributed by atoms with Gasteiger partial charge in [-0.05, 0) is 31.5 Å². The van der Waals surface area contributed by atoms with Gasteiger partial charge < -0.3 is 10.5 Å². The molecule has 0 saturated heterocycles. The highest BCUT2D eigenvalue weighted by Gasteiger charge is 2.37. The van der Waals surface area contributed by atoms with E-state index in [4.69, 9.17) is 5.73 Å². The fraction of sp³-hybridized carbons (Fsp3) is 0.462. The van der Waals surface area contributed by atoms with Gasteiger partial charge in [-0.1, -0.05) is 12.1 Å². The molecule has 0 aliphatic heterocycles. The number of hydrogen-bond donors (Lipinski definition) is 1. The second-order valence-electron chi connectivity index (χ2n) is 4.81. The van der Waals surface area contributed by atoms with Gasteiger partial charge >= 0.3 is 12.1 Å². The Morgan fingerprint density at radius 3 is 2.00 bits per heavy atom. The summed E-state index contributed by atoms with van der Waals surface area (Å²) in [6.45, 7) is 3.17. The Bertz CT molecular complexity index is 458. The third-order valence-corrected chi connectivity index (χ3v) is 3.09. The fourth-order valence-corrected chi connectivity index (χ4v) is 1.69. The van der Waals surface area contributed by atoms with Gasteiger partial charge in [0.25, 0.3) is 0 Å². The standard InChI is InChI=1S/C13H16F3NO2.ClH/c1-12(2,11(18)19-3)10(17)8-4-6-9(7-5-8)13(14,15)16;/h4-7,10H,17H2,1-3H3;1H/t10-;/m1./s1. The Kier molecular flexibility index (Phi) is 6.04. The van der Waals surface area contributed by atoms with Crippen LogP contribution < -0.4 is 5.73 Å². The van der Waals surface area contributed by atoms with Crippen molar-refractivity contribution in [3.63, 3.8) is 0 Å². The first-order valence-corrected chi connectivity index (χ1v) is 5.62. The molecular formula is C13H17ClF3NO2. The number of benzene rings is 1. The van der Waals surface area contributed by atoms with Gasteiger partial charge in [-0.3, -0.25) is 4.79 Å². The molecule has 0 bridgehead atoms. The van der Waals surface area contributed by atoms with Crippen molar-refractivity contribution in [1.82, 2.24) is 0 Å². The molecule has 2 N–H and O–H groups in total. The van der Waals surface area contributed by atoms with E-state index in [0.29, 0.717) is 5.56 Å². The minimum absolute atomic E-state index is 0. The van der Waals surface area contributed by atoms with Crippen LogP contribution >= 0.6 is 12.4 Å². The molecule has 0 heterocycles. The van der Waals surface area contributed by atoms with Crippen LogP contribution in [-0.2, 0) is 15.7 Å². The van der Waals surface area contributed by atoms with Crippen LogP contribution in [0, 0.1) is 5.41 Å². The number of hydrogen-bond acceptors (Lipinski definition) is 3. The molecule has 0 unspecified atom stereocenters. The highest BCUT2D eigenvalue weighted by atomic mass is 35.5. The normalized spacial score (nSPS) is 13.3. The predicted octanol–water partition coefficient (Wildman–Crippen LogP) is 3.33. The maximum Gasteiger partial charge on any atom is 0.416 e. The number of halogens is 4. The molecule has 0 fully saturated rings. The summed E-state index contributed by atoms with van der Waals surface area (Å²) in [6.07, 6.45) is -4.39. The topological polar surface area (TPSA) is 52.3 Å². The highest BCUT2D eigenvalue weighted by molar-refractivity contribution is 5.85. The Morgan fingerprint density at radius 2 is 1.65 bits per heavy atom. The molecule has 0 spiro atoms. The fourth-order valence-electron chi connectivity index (χ4n) is 1.69. The van der Waals surface area contributed by atoms with Crippen molar-refractivity contribution >= 4 is 18.4 Å². The van der Waals surface area contributed by atoms with Crippen LogP contribution in [0.1, 0.15) is 31.0 Å². The summed E-state index contributed by atoms with van der Waals surface area (Å²) in [7, 11) is 1.24. The molecular weight excluding hydrogens is 295 g/mol. The molecule has 3 nitrogen and oxygen atoms in total. The molecule has 0 aromatic heterocycles. The van der Waals surface area contributed by atoms with Gasteiger partial charge in [0.05, 0.1) is 18.1 Å². The number of esters is 1. The summed E-state index contributed by atoms with van der Waals surface area (Å²) < 4.78 is 41.9. The Hall–Kier alpha value is -1.27. The van der Waals surface area contributed by atoms with E-state index >= 15 is 0 Å². The summed E-state index contributed by atoms with van der Waals surface area (Å²) in [5.41, 5.74) is 4.60. The lowest BCUT2D eigenvalue weighted by Crippen LogP contribution is -2.37. The van der Waals surface area contributed by atoms with E-state index in [1.807, 2.05) is 0 Å². The average molecular weight is 312 g/mol. The summed E-state index contributed by atoms with van der Waals surface area (Å²) in [5, 5.41) is 0. The molecule has 1 aromatic rings. The summed E-state index contributed by atoms with van der Waals surface area (Å²) >= 11 is 0. The van der Waals surface area contributed by atoms with Crippen LogP contribution in [0.3, 0.4) is 0 Å². The van der Waals surface area contributed by atoms with Crippen LogP contribution in [0.5, 0.6) is 0 Å². The van der Waals surface area contributed by atoms with E-state index < -0.39 is 29.2 Å². The van der Waals surface area contributed by atoms with Gasteiger partial charge in [-0.2, -0.15) is 13.2 Å². The van der Waals surface area contributed by atoms with Gasteiger partial charge in [-0.25, -0.2) is 0 Å². The van der Waals surface area contributed by atoms with E-state index in [9.17, 15) is 18.0 Å². The number of nitrogens with two attached hydrogens (primary N) is 1. The number of carbonyl (C=O) groups is 1. The number of carbonyl (C=O) groups excluding carboxylic acids is 1. The molecule has 0 amide bonds. The monoisotopic (exact) mass is 311 g/mol. The Morgan fingerprint density at radius 1 is 1.20 bits per heavy atom. The van der Waals surface area contributed by atoms with Crippen LogP contribution in [-0.4, -0.2) is 13.1 Å². The first kappa shape index (κ1) is 18.7. The molecule has 1 aromatic carbocycles. The number of rotatable bonds is 3. The molecule has 0 radical (unpaired) electrons. The first-order chi connectivity index (χ1) is 8.60. The van der Waals surface area contributed by atoms with Crippen LogP contribution in [0.25, 0.3) is 0 Å². The van der Waals surface area contributed by atoms with Gasteiger partial charge in [0, 0.05) is 6.04 Å². The van der Waals surface area contributed by atoms with Gasteiger partial charge in [0.15, 0.2) is 0 Å². The SMILES string of the molecule is COC(=O)C(C)(C)[C@H](N)c1ccc(C(F)(F)F)cc1.Cl. The summed E-state index contributed by atoms with van der Waals surface area (Å²) in [5.74, 6) is -0.514. The van der Waals surface area contributed by atoms with Gasteiger partial charge in [-0.15, -0.1) is 12.4 Å². The average Bonchev–Trinajstić information content (AvgIpc) is 2.35. The number of methoxy groups -OCH3 is 1. The van der Waals surface area contributed by atoms with Crippen molar-refractivity contribution in [3.05, 3.63) is 35.4 Å². The van der Waals surface area contributed by atoms with E-state index in [0.717, 1.165) is 12.1 Å². The van der Waals surface area contributed by atoms with Crippen LogP contribution in [0.15, 0.2) is 24.3 Å². The summed E-state index contributed by atoms with van der Waals surface area (Å²) in [6, 6.07) is 3.70. The maximum atomic E-state index is 12.4. The molecule has 0 aliphatic carbocycles. The first-order valence-electron chi connectivity index (χ1n) is 5.62. The van der Waals surface area contributed by atoms with Crippen molar-refractivity contribution in [3.8, 4) is 0 Å². The van der Waals surface area contributed by atoms with Crippen molar-refractivity contribution in [2.45, 2.75) is 26.1 Å². The molecule has 20 heavy (non-hydrogen) atoms. The van der Waals surface area contributed by atoms with E-state index in [-0.39, 0.29) is 12.4 Å². The lowest BCUT2D eigenvalue weighted by molar-refractivity contribution is -0.152. The molecule has 0 saturated carbocycles. The van der Waals surface area contributed by atoms with E-state index in [1.165, 1.54) is 19.2 Å². The molecule has 114 valence electrons. The van der Waals surface area contributed by atoms with Crippen molar-refractivity contribution in [2.75, 3.05) is 7.11 Å². The van der Waals surface area contributed by atoms with Gasteiger partial charge in [0.2, 0.25) is 0 Å². The molecule has 7 heteroatoms. The Labute approximate surface area is 121 Å². The van der Waals surface area contributed by atoms with Crippen molar-refractivity contribution in [1.29, 1.82) is 0 Å². The third-order valence-electron chi connectivity index (χ3n) is 3.09. The van der Waals surface area contributed by atoms with Crippen molar-refractivity contribution < 1.29 is 22.7 Å². The van der Waals surface area contributed by atoms with E-state index in [2.05, 4.69) is 4.74 Å². The minimum atomic E-state index is -4.39. The third kappa shape index (κ3) is 3.86. The predicted molar refractivity (Wildman–Crippen MR) is 71.4 cm³/mol. The van der Waals surface area contributed by atoms with Crippen molar-refractivity contribution in [2.24, 2.45) is 11.1 Å². The zero-order chi connectivity index (χ0) is 14.8.